The molecule has 4 aromatic carbocycles. The minimum atomic E-state index is 0.0826. The van der Waals surface area contributed by atoms with Crippen LogP contribution in [0.2, 0.25) is 0 Å². The standard InChI is InChI=1S/C38H44N2O6/c1-39-15-14-27-21-36(44-5)38(23-30(27)31(39)17-24-7-10-28(42-3)11-8-24)46-34-19-25(9-12-33(34)41)18-32-29-22-37(45-6)35(43-4)20-26(29)13-16-40(32)2/h7-12,19-23,31-32,41H,13-18H2,1-6H3/t31-,32?/m1/s1. The molecule has 0 radical (unpaired) electrons. The maximum atomic E-state index is 10.9. The number of nitrogens with zero attached hydrogens (tertiary/aromatic N) is 2. The van der Waals surface area contributed by atoms with Crippen molar-refractivity contribution in [2.45, 2.75) is 37.8 Å². The minimum Gasteiger partial charge on any atom is -0.504 e. The van der Waals surface area contributed by atoms with Gasteiger partial charge in [-0.1, -0.05) is 18.2 Å². The summed E-state index contributed by atoms with van der Waals surface area (Å²) in [4.78, 5) is 4.76. The molecule has 242 valence electrons. The molecule has 2 heterocycles. The molecule has 2 aliphatic heterocycles. The monoisotopic (exact) mass is 624 g/mol. The average molecular weight is 625 g/mol. The molecular formula is C38H44N2O6. The molecule has 1 N–H and O–H groups in total. The number of likely N-dealkylation sites (N-methyl/N-ethyl adjacent to an activating group) is 2. The Hall–Kier alpha value is -4.40. The van der Waals surface area contributed by atoms with Crippen LogP contribution in [0, 0.1) is 0 Å². The molecular weight excluding hydrogens is 580 g/mol. The molecule has 2 aliphatic rings. The van der Waals surface area contributed by atoms with Gasteiger partial charge >= 0.3 is 0 Å². The number of phenols is 1. The summed E-state index contributed by atoms with van der Waals surface area (Å²) >= 11 is 0. The second-order valence-electron chi connectivity index (χ2n) is 12.3. The topological polar surface area (TPSA) is 72.9 Å². The molecule has 6 rings (SSSR count). The molecule has 0 aromatic heterocycles. The lowest BCUT2D eigenvalue weighted by molar-refractivity contribution is 0.227. The molecule has 0 bridgehead atoms. The van der Waals surface area contributed by atoms with E-state index in [1.807, 2.05) is 24.3 Å². The van der Waals surface area contributed by atoms with E-state index in [2.05, 4.69) is 60.3 Å². The summed E-state index contributed by atoms with van der Waals surface area (Å²) in [5.41, 5.74) is 7.25. The van der Waals surface area contributed by atoms with Crippen LogP contribution in [0.5, 0.6) is 40.2 Å². The molecule has 1 unspecified atom stereocenters. The highest BCUT2D eigenvalue weighted by Crippen LogP contribution is 2.44. The molecule has 2 atom stereocenters. The van der Waals surface area contributed by atoms with Crippen molar-refractivity contribution in [2.24, 2.45) is 0 Å². The quantitative estimate of drug-likeness (QED) is 0.208. The Morgan fingerprint density at radius 3 is 1.65 bits per heavy atom. The Morgan fingerprint density at radius 1 is 0.587 bits per heavy atom. The summed E-state index contributed by atoms with van der Waals surface area (Å²) in [6.45, 7) is 1.89. The number of methoxy groups -OCH3 is 4. The van der Waals surface area contributed by atoms with Gasteiger partial charge in [-0.05, 0) is 122 Å². The van der Waals surface area contributed by atoms with Gasteiger partial charge in [0, 0.05) is 25.2 Å². The van der Waals surface area contributed by atoms with Crippen LogP contribution in [0.1, 0.15) is 45.5 Å². The fourth-order valence-electron chi connectivity index (χ4n) is 6.85. The Morgan fingerprint density at radius 2 is 1.09 bits per heavy atom. The van der Waals surface area contributed by atoms with Gasteiger partial charge in [-0.25, -0.2) is 0 Å². The Labute approximate surface area is 272 Å². The van der Waals surface area contributed by atoms with Crippen molar-refractivity contribution in [1.82, 2.24) is 9.80 Å². The lowest BCUT2D eigenvalue weighted by Crippen LogP contribution is -2.33. The zero-order chi connectivity index (χ0) is 32.4. The van der Waals surface area contributed by atoms with Crippen molar-refractivity contribution in [1.29, 1.82) is 0 Å². The predicted molar refractivity (Wildman–Crippen MR) is 179 cm³/mol. The summed E-state index contributed by atoms with van der Waals surface area (Å²) in [5.74, 6) is 4.05. The van der Waals surface area contributed by atoms with Gasteiger partial charge in [0.25, 0.3) is 0 Å². The van der Waals surface area contributed by atoms with Crippen molar-refractivity contribution in [3.8, 4) is 40.2 Å². The van der Waals surface area contributed by atoms with E-state index in [4.69, 9.17) is 23.7 Å². The van der Waals surface area contributed by atoms with Crippen molar-refractivity contribution < 1.29 is 28.8 Å². The summed E-state index contributed by atoms with van der Waals surface area (Å²) < 4.78 is 28.9. The van der Waals surface area contributed by atoms with Crippen LogP contribution in [0.3, 0.4) is 0 Å². The van der Waals surface area contributed by atoms with Crippen molar-refractivity contribution in [3.63, 3.8) is 0 Å². The van der Waals surface area contributed by atoms with Crippen LogP contribution in [-0.2, 0) is 25.7 Å². The highest BCUT2D eigenvalue weighted by Gasteiger charge is 2.29. The average Bonchev–Trinajstić information content (AvgIpc) is 3.08. The SMILES string of the molecule is COc1ccc(C[C@@H]2c3cc(Oc4cc(CC5c6cc(OC)c(OC)cc6CCN5C)ccc4O)c(OC)cc3CCN2C)cc1. The Bertz CT molecular complexity index is 1690. The summed E-state index contributed by atoms with van der Waals surface area (Å²) in [7, 11) is 11.0. The number of phenolic OH excluding ortho intramolecular Hbond substituents is 1. The van der Waals surface area contributed by atoms with Gasteiger partial charge in [0.15, 0.2) is 34.5 Å². The largest absolute Gasteiger partial charge is 0.504 e. The molecule has 8 heteroatoms. The third-order valence-electron chi connectivity index (χ3n) is 9.58. The van der Waals surface area contributed by atoms with E-state index in [1.165, 1.54) is 27.8 Å². The number of benzene rings is 4. The first-order valence-corrected chi connectivity index (χ1v) is 15.8. The lowest BCUT2D eigenvalue weighted by Gasteiger charge is -2.35. The van der Waals surface area contributed by atoms with Crippen molar-refractivity contribution >= 4 is 0 Å². The van der Waals surface area contributed by atoms with Crippen LogP contribution in [0.4, 0.5) is 0 Å². The van der Waals surface area contributed by atoms with Crippen LogP contribution >= 0.6 is 0 Å². The van der Waals surface area contributed by atoms with Crippen LogP contribution in [-0.4, -0.2) is 70.5 Å². The van der Waals surface area contributed by atoms with Gasteiger partial charge in [-0.2, -0.15) is 0 Å². The van der Waals surface area contributed by atoms with Gasteiger partial charge in [-0.3, -0.25) is 9.80 Å². The molecule has 0 amide bonds. The summed E-state index contributed by atoms with van der Waals surface area (Å²) in [6.07, 6.45) is 3.47. The zero-order valence-electron chi connectivity index (χ0n) is 27.6. The lowest BCUT2D eigenvalue weighted by atomic mass is 9.88. The normalized spacial score (nSPS) is 18.0. The number of hydrogen-bond donors (Lipinski definition) is 1. The second kappa shape index (κ2) is 13.5. The van der Waals surface area contributed by atoms with Crippen molar-refractivity contribution in [3.05, 3.63) is 100 Å². The van der Waals surface area contributed by atoms with Crippen LogP contribution in [0.15, 0.2) is 66.7 Å². The van der Waals surface area contributed by atoms with Crippen LogP contribution < -0.4 is 23.7 Å². The van der Waals surface area contributed by atoms with Gasteiger partial charge < -0.3 is 28.8 Å². The fourth-order valence-corrected chi connectivity index (χ4v) is 6.85. The molecule has 0 saturated carbocycles. The maximum Gasteiger partial charge on any atom is 0.169 e. The van der Waals surface area contributed by atoms with Gasteiger partial charge in [0.05, 0.1) is 28.4 Å². The first-order valence-electron chi connectivity index (χ1n) is 15.8. The van der Waals surface area contributed by atoms with E-state index in [0.29, 0.717) is 17.2 Å². The van der Waals surface area contributed by atoms with E-state index >= 15 is 0 Å². The third-order valence-corrected chi connectivity index (χ3v) is 9.58. The van der Waals surface area contributed by atoms with Crippen molar-refractivity contribution in [2.75, 3.05) is 55.6 Å². The number of fused-ring (bicyclic) bond motifs is 2. The second-order valence-corrected chi connectivity index (χ2v) is 12.3. The van der Waals surface area contributed by atoms with E-state index in [0.717, 1.165) is 61.6 Å². The summed E-state index contributed by atoms with van der Waals surface area (Å²) in [5, 5.41) is 10.9. The molecule has 0 aliphatic carbocycles. The molecule has 0 saturated heterocycles. The fraction of sp³-hybridized carbons (Fsp3) is 0.368. The molecule has 0 spiro atoms. The predicted octanol–water partition coefficient (Wildman–Crippen LogP) is 6.76. The van der Waals surface area contributed by atoms with Crippen LogP contribution in [0.25, 0.3) is 0 Å². The highest BCUT2D eigenvalue weighted by molar-refractivity contribution is 5.54. The minimum absolute atomic E-state index is 0.0826. The molecule has 0 fully saturated rings. The zero-order valence-corrected chi connectivity index (χ0v) is 27.6. The Kier molecular flexibility index (Phi) is 9.29. The van der Waals surface area contributed by atoms with Gasteiger partial charge in [-0.15, -0.1) is 0 Å². The maximum absolute atomic E-state index is 10.9. The van der Waals surface area contributed by atoms with Gasteiger partial charge in [0.1, 0.15) is 5.75 Å². The molecule has 4 aromatic rings. The van der Waals surface area contributed by atoms with E-state index < -0.39 is 0 Å². The highest BCUT2D eigenvalue weighted by atomic mass is 16.5. The third kappa shape index (κ3) is 6.32. The molecule has 8 nitrogen and oxygen atoms in total. The smallest absolute Gasteiger partial charge is 0.169 e. The number of ether oxygens (including phenoxy) is 5. The van der Waals surface area contributed by atoms with E-state index in [9.17, 15) is 5.11 Å². The van der Waals surface area contributed by atoms with Gasteiger partial charge in [0.2, 0.25) is 0 Å². The molecule has 46 heavy (non-hydrogen) atoms. The van der Waals surface area contributed by atoms with E-state index in [1.54, 1.807) is 34.5 Å². The number of rotatable bonds is 10. The first-order chi connectivity index (χ1) is 22.3. The Balaban J connectivity index is 1.29. The first kappa shape index (κ1) is 31.6. The summed E-state index contributed by atoms with van der Waals surface area (Å²) in [6, 6.07) is 22.6. The van der Waals surface area contributed by atoms with E-state index in [-0.39, 0.29) is 17.8 Å². The number of aromatic hydroxyl groups is 1. The number of hydrogen-bond acceptors (Lipinski definition) is 8.